The molecule has 0 spiro atoms. The number of carbonyl (C=O) groups is 1. The maximum Gasteiger partial charge on any atom is 0.273 e. The van der Waals surface area contributed by atoms with Crippen LogP contribution >= 0.6 is 34.8 Å². The SMILES string of the molecule is C=C[C@]1(NC(=O)C(Cl)(Cl)Cl)C(O[Si](C)(C)C(C)(C)C)=CC(=C)CC1[C@H]1COC(C)(C)O1. The molecule has 1 amide bonds. The molecule has 0 aromatic heterocycles. The van der Waals surface area contributed by atoms with Crippen LogP contribution in [-0.4, -0.2) is 42.1 Å². The predicted octanol–water partition coefficient (Wildman–Crippen LogP) is 6.03. The summed E-state index contributed by atoms with van der Waals surface area (Å²) in [5.74, 6) is -1.30. The maximum atomic E-state index is 12.9. The minimum absolute atomic E-state index is 0.0801. The van der Waals surface area contributed by atoms with Crippen molar-refractivity contribution in [3.05, 3.63) is 36.6 Å². The molecule has 1 fully saturated rings. The quantitative estimate of drug-likeness (QED) is 0.279. The molecular formula is C22H34Cl3NO4Si. The molecular weight excluding hydrogens is 477 g/mol. The molecule has 1 aliphatic heterocycles. The van der Waals surface area contributed by atoms with Gasteiger partial charge in [0.2, 0.25) is 8.32 Å². The standard InChI is InChI=1S/C22H34Cl3NO4Si/c1-10-21(26-18(27)22(23,24)25)15(16-13-28-20(6,7)29-16)11-14(2)12-17(21)30-31(8,9)19(3,4)5/h10,12,15-16H,1-2,11,13H2,3-9H3,(H,26,27)/t15?,16-,21-/m1/s1. The van der Waals surface area contributed by atoms with Crippen molar-refractivity contribution >= 4 is 49.0 Å². The third kappa shape index (κ3) is 5.71. The Morgan fingerprint density at radius 1 is 1.32 bits per heavy atom. The highest BCUT2D eigenvalue weighted by molar-refractivity contribution is 6.76. The topological polar surface area (TPSA) is 56.8 Å². The van der Waals surface area contributed by atoms with E-state index in [0.717, 1.165) is 5.57 Å². The number of ether oxygens (including phenoxy) is 2. The van der Waals surface area contributed by atoms with Crippen molar-refractivity contribution in [2.45, 2.75) is 80.4 Å². The van der Waals surface area contributed by atoms with Crippen molar-refractivity contribution in [2.24, 2.45) is 5.92 Å². The zero-order valence-electron chi connectivity index (χ0n) is 19.4. The van der Waals surface area contributed by atoms with E-state index in [1.165, 1.54) is 0 Å². The second-order valence-electron chi connectivity index (χ2n) is 10.2. The van der Waals surface area contributed by atoms with Gasteiger partial charge in [0.15, 0.2) is 5.79 Å². The van der Waals surface area contributed by atoms with Gasteiger partial charge in [-0.05, 0) is 44.5 Å². The van der Waals surface area contributed by atoms with Gasteiger partial charge in [-0.2, -0.15) is 0 Å². The van der Waals surface area contributed by atoms with E-state index < -0.39 is 29.3 Å². The molecule has 0 bridgehead atoms. The molecule has 3 atom stereocenters. The van der Waals surface area contributed by atoms with E-state index in [-0.39, 0.29) is 17.1 Å². The van der Waals surface area contributed by atoms with Crippen LogP contribution in [0.3, 0.4) is 0 Å². The smallest absolute Gasteiger partial charge is 0.273 e. The van der Waals surface area contributed by atoms with Gasteiger partial charge in [-0.1, -0.05) is 73.8 Å². The van der Waals surface area contributed by atoms with Crippen LogP contribution in [0.15, 0.2) is 36.6 Å². The summed E-state index contributed by atoms with van der Waals surface area (Å²) in [6.45, 7) is 22.9. The van der Waals surface area contributed by atoms with Crippen LogP contribution in [0.1, 0.15) is 41.0 Å². The van der Waals surface area contributed by atoms with E-state index in [4.69, 9.17) is 48.7 Å². The number of nitrogens with one attached hydrogen (secondary N) is 1. The summed E-state index contributed by atoms with van der Waals surface area (Å²) < 4.78 is 16.5. The van der Waals surface area contributed by atoms with Crippen LogP contribution in [0.5, 0.6) is 0 Å². The molecule has 1 aliphatic carbocycles. The first-order chi connectivity index (χ1) is 13.8. The largest absolute Gasteiger partial charge is 0.544 e. The second-order valence-corrected chi connectivity index (χ2v) is 17.2. The summed E-state index contributed by atoms with van der Waals surface area (Å²) in [6.07, 6.45) is 3.68. The fraction of sp³-hybridized carbons (Fsp3) is 0.682. The molecule has 31 heavy (non-hydrogen) atoms. The number of allylic oxidation sites excluding steroid dienone is 2. The lowest BCUT2D eigenvalue weighted by Gasteiger charge is -2.49. The number of carbonyl (C=O) groups excluding carboxylic acids is 1. The maximum absolute atomic E-state index is 12.9. The molecule has 0 saturated carbocycles. The van der Waals surface area contributed by atoms with Crippen molar-refractivity contribution in [1.82, 2.24) is 5.32 Å². The molecule has 1 unspecified atom stereocenters. The van der Waals surface area contributed by atoms with E-state index in [1.807, 2.05) is 19.9 Å². The normalized spacial score (nSPS) is 29.4. The van der Waals surface area contributed by atoms with Gasteiger partial charge in [0.1, 0.15) is 11.3 Å². The fourth-order valence-corrected chi connectivity index (χ4v) is 4.81. The molecule has 1 heterocycles. The first kappa shape index (κ1) is 26.7. The van der Waals surface area contributed by atoms with Gasteiger partial charge in [0, 0.05) is 5.92 Å². The molecule has 5 nitrogen and oxygen atoms in total. The average Bonchev–Trinajstić information content (AvgIpc) is 2.94. The van der Waals surface area contributed by atoms with Gasteiger partial charge < -0.3 is 19.2 Å². The fourth-order valence-electron chi connectivity index (χ4n) is 3.59. The highest BCUT2D eigenvalue weighted by Crippen LogP contribution is 2.47. The van der Waals surface area contributed by atoms with Crippen molar-refractivity contribution in [1.29, 1.82) is 0 Å². The summed E-state index contributed by atoms with van der Waals surface area (Å²) in [5, 5.41) is 2.84. The molecule has 176 valence electrons. The Morgan fingerprint density at radius 3 is 2.32 bits per heavy atom. The van der Waals surface area contributed by atoms with Gasteiger partial charge in [-0.15, -0.1) is 6.58 Å². The Morgan fingerprint density at radius 2 is 1.90 bits per heavy atom. The Kier molecular flexibility index (Phi) is 7.50. The van der Waals surface area contributed by atoms with Gasteiger partial charge in [-0.25, -0.2) is 0 Å². The van der Waals surface area contributed by atoms with Gasteiger partial charge in [0.05, 0.1) is 12.7 Å². The minimum atomic E-state index is -2.30. The average molecular weight is 511 g/mol. The van der Waals surface area contributed by atoms with Gasteiger partial charge >= 0.3 is 0 Å². The van der Waals surface area contributed by atoms with E-state index in [0.29, 0.717) is 18.8 Å². The summed E-state index contributed by atoms with van der Waals surface area (Å²) in [4.78, 5) is 12.9. The molecule has 2 aliphatic rings. The van der Waals surface area contributed by atoms with Crippen molar-refractivity contribution < 1.29 is 18.7 Å². The lowest BCUT2D eigenvalue weighted by atomic mass is 9.71. The molecule has 9 heteroatoms. The highest BCUT2D eigenvalue weighted by Gasteiger charge is 2.55. The van der Waals surface area contributed by atoms with E-state index in [9.17, 15) is 4.79 Å². The summed E-state index contributed by atoms with van der Waals surface area (Å²) >= 11 is 17.7. The monoisotopic (exact) mass is 509 g/mol. The van der Waals surface area contributed by atoms with Gasteiger partial charge in [-0.3, -0.25) is 4.79 Å². The molecule has 2 rings (SSSR count). The first-order valence-electron chi connectivity index (χ1n) is 10.3. The van der Waals surface area contributed by atoms with Crippen molar-refractivity contribution in [2.75, 3.05) is 6.61 Å². The number of rotatable bonds is 5. The molecule has 0 radical (unpaired) electrons. The van der Waals surface area contributed by atoms with Crippen LogP contribution < -0.4 is 5.32 Å². The van der Waals surface area contributed by atoms with Crippen LogP contribution in [0.2, 0.25) is 18.1 Å². The van der Waals surface area contributed by atoms with Crippen molar-refractivity contribution in [3.63, 3.8) is 0 Å². The van der Waals surface area contributed by atoms with Crippen LogP contribution in [0.25, 0.3) is 0 Å². The third-order valence-corrected chi connectivity index (χ3v) is 11.2. The van der Waals surface area contributed by atoms with Crippen molar-refractivity contribution in [3.8, 4) is 0 Å². The predicted molar refractivity (Wildman–Crippen MR) is 130 cm³/mol. The number of hydrogen-bond donors (Lipinski definition) is 1. The second kappa shape index (κ2) is 8.69. The van der Waals surface area contributed by atoms with Gasteiger partial charge in [0.25, 0.3) is 9.70 Å². The third-order valence-electron chi connectivity index (χ3n) is 6.36. The van der Waals surface area contributed by atoms with E-state index in [1.54, 1.807) is 6.08 Å². The summed E-state index contributed by atoms with van der Waals surface area (Å²) in [7, 11) is -2.30. The number of amides is 1. The van der Waals surface area contributed by atoms with Crippen LogP contribution in [0.4, 0.5) is 0 Å². The lowest BCUT2D eigenvalue weighted by molar-refractivity contribution is -0.148. The summed E-state index contributed by atoms with van der Waals surface area (Å²) in [5.41, 5.74) is -0.306. The highest BCUT2D eigenvalue weighted by atomic mass is 35.6. The van der Waals surface area contributed by atoms with Crippen LogP contribution in [-0.2, 0) is 18.7 Å². The zero-order valence-corrected chi connectivity index (χ0v) is 22.7. The Bertz CT molecular complexity index is 783. The number of hydrogen-bond acceptors (Lipinski definition) is 4. The number of alkyl halides is 3. The Hall–Kier alpha value is -0.503. The molecule has 0 aromatic carbocycles. The van der Waals surface area contributed by atoms with E-state index >= 15 is 0 Å². The Labute approximate surface area is 202 Å². The Balaban J connectivity index is 2.60. The molecule has 1 N–H and O–H groups in total. The van der Waals surface area contributed by atoms with Crippen LogP contribution in [0, 0.1) is 5.92 Å². The summed E-state index contributed by atoms with van der Waals surface area (Å²) in [6, 6.07) is 0. The lowest BCUT2D eigenvalue weighted by Crippen LogP contribution is -2.62. The minimum Gasteiger partial charge on any atom is -0.544 e. The first-order valence-corrected chi connectivity index (χ1v) is 14.3. The zero-order chi connectivity index (χ0) is 24.0. The number of halogens is 3. The molecule has 1 saturated heterocycles. The molecule has 0 aromatic rings. The van der Waals surface area contributed by atoms with E-state index in [2.05, 4.69) is 52.3 Å².